The highest BCUT2D eigenvalue weighted by Gasteiger charge is 2.44. The molecule has 94 valence electrons. The van der Waals surface area contributed by atoms with Crippen LogP contribution in [0, 0.1) is 19.3 Å². The van der Waals surface area contributed by atoms with Crippen LogP contribution in [-0.4, -0.2) is 30.3 Å². The second-order valence-electron chi connectivity index (χ2n) is 4.72. The second-order valence-corrected chi connectivity index (χ2v) is 4.72. The Morgan fingerprint density at radius 1 is 1.59 bits per heavy atom. The molecule has 1 amide bonds. The molecule has 2 heterocycles. The van der Waals surface area contributed by atoms with Crippen LogP contribution in [0.2, 0.25) is 0 Å². The van der Waals surface area contributed by atoms with E-state index in [1.807, 2.05) is 13.8 Å². The van der Waals surface area contributed by atoms with E-state index >= 15 is 0 Å². The molecular weight excluding hydrogens is 222 g/mol. The van der Waals surface area contributed by atoms with Gasteiger partial charge in [-0.25, -0.2) is 0 Å². The van der Waals surface area contributed by atoms with Gasteiger partial charge in [-0.1, -0.05) is 5.16 Å². The molecule has 0 aromatic carbocycles. The molecule has 1 fully saturated rings. The number of nitrogens with zero attached hydrogens (tertiary/aromatic N) is 1. The summed E-state index contributed by atoms with van der Waals surface area (Å²) in [5.74, 6) is 0.189. The average molecular weight is 239 g/mol. The van der Waals surface area contributed by atoms with Gasteiger partial charge in [-0.15, -0.1) is 0 Å². The third-order valence-electron chi connectivity index (χ3n) is 3.42. The van der Waals surface area contributed by atoms with Crippen molar-refractivity contribution in [2.45, 2.75) is 26.8 Å². The maximum absolute atomic E-state index is 12.1. The van der Waals surface area contributed by atoms with Crippen molar-refractivity contribution in [2.75, 3.05) is 18.5 Å². The highest BCUT2D eigenvalue weighted by Crippen LogP contribution is 2.29. The molecule has 0 bridgehead atoms. The fourth-order valence-corrected chi connectivity index (χ4v) is 1.70. The summed E-state index contributed by atoms with van der Waals surface area (Å²) in [6, 6.07) is -0.299. The summed E-state index contributed by atoms with van der Waals surface area (Å²) in [5.41, 5.74) is 6.75. The Bertz CT molecular complexity index is 443. The topological polar surface area (TPSA) is 90.4 Å². The van der Waals surface area contributed by atoms with Gasteiger partial charge in [-0.05, 0) is 20.8 Å². The van der Waals surface area contributed by atoms with Crippen LogP contribution in [0.15, 0.2) is 4.52 Å². The van der Waals surface area contributed by atoms with Gasteiger partial charge in [0.25, 0.3) is 0 Å². The number of aryl methyl sites for hydroxylation is 1. The molecule has 0 radical (unpaired) electrons. The minimum atomic E-state index is -0.715. The van der Waals surface area contributed by atoms with E-state index in [1.165, 1.54) is 0 Å². The Balaban J connectivity index is 2.14. The van der Waals surface area contributed by atoms with Gasteiger partial charge in [0.2, 0.25) is 11.8 Å². The maximum atomic E-state index is 12.1. The van der Waals surface area contributed by atoms with Crippen molar-refractivity contribution in [3.05, 3.63) is 11.3 Å². The molecule has 1 aliphatic rings. The summed E-state index contributed by atoms with van der Waals surface area (Å²) in [7, 11) is 0. The predicted octanol–water partition coefficient (Wildman–Crippen LogP) is 0.594. The van der Waals surface area contributed by atoms with E-state index < -0.39 is 5.41 Å². The van der Waals surface area contributed by atoms with Crippen molar-refractivity contribution < 1.29 is 14.1 Å². The number of hydrogen-bond acceptors (Lipinski definition) is 5. The maximum Gasteiger partial charge on any atom is 0.236 e. The van der Waals surface area contributed by atoms with Crippen LogP contribution in [0.3, 0.4) is 0 Å². The van der Waals surface area contributed by atoms with E-state index in [4.69, 9.17) is 15.0 Å². The Morgan fingerprint density at radius 3 is 2.76 bits per heavy atom. The zero-order valence-corrected chi connectivity index (χ0v) is 10.2. The monoisotopic (exact) mass is 239 g/mol. The van der Waals surface area contributed by atoms with E-state index in [0.717, 1.165) is 11.3 Å². The van der Waals surface area contributed by atoms with Gasteiger partial charge in [-0.2, -0.15) is 0 Å². The van der Waals surface area contributed by atoms with Crippen molar-refractivity contribution in [3.63, 3.8) is 0 Å². The van der Waals surface area contributed by atoms with Crippen molar-refractivity contribution in [2.24, 2.45) is 11.1 Å². The summed E-state index contributed by atoms with van der Waals surface area (Å²) in [5, 5.41) is 6.50. The summed E-state index contributed by atoms with van der Waals surface area (Å²) in [4.78, 5) is 12.1. The van der Waals surface area contributed by atoms with E-state index in [1.54, 1.807) is 6.92 Å². The molecule has 1 aromatic heterocycles. The number of rotatable bonds is 2. The zero-order valence-electron chi connectivity index (χ0n) is 10.2. The number of carbonyl (C=O) groups excluding carboxylic acids is 1. The molecule has 1 aromatic rings. The number of aromatic nitrogens is 1. The lowest BCUT2D eigenvalue weighted by Gasteiger charge is -2.24. The molecule has 2 atom stereocenters. The molecule has 1 saturated heterocycles. The van der Waals surface area contributed by atoms with E-state index in [-0.39, 0.29) is 11.9 Å². The molecular formula is C11H17N3O3. The van der Waals surface area contributed by atoms with Crippen LogP contribution < -0.4 is 11.1 Å². The summed E-state index contributed by atoms with van der Waals surface area (Å²) in [6.07, 6.45) is 0. The lowest BCUT2D eigenvalue weighted by Crippen LogP contribution is -2.47. The number of hydrogen-bond donors (Lipinski definition) is 2. The van der Waals surface area contributed by atoms with Gasteiger partial charge in [0.15, 0.2) is 0 Å². The highest BCUT2D eigenvalue weighted by atomic mass is 16.5. The molecule has 3 N–H and O–H groups in total. The van der Waals surface area contributed by atoms with Crippen molar-refractivity contribution in [1.82, 2.24) is 5.16 Å². The number of ether oxygens (including phenoxy) is 1. The van der Waals surface area contributed by atoms with Gasteiger partial charge in [0.1, 0.15) is 0 Å². The first-order valence-electron chi connectivity index (χ1n) is 5.53. The minimum Gasteiger partial charge on any atom is -0.379 e. The number of nitrogens with one attached hydrogen (secondary N) is 1. The van der Waals surface area contributed by atoms with E-state index in [2.05, 4.69) is 10.5 Å². The predicted molar refractivity (Wildman–Crippen MR) is 61.5 cm³/mol. The lowest BCUT2D eigenvalue weighted by molar-refractivity contribution is -0.125. The zero-order chi connectivity index (χ0) is 12.6. The van der Waals surface area contributed by atoms with Gasteiger partial charge in [0, 0.05) is 11.6 Å². The standard InChI is InChI=1S/C11H17N3O3/c1-6-7(2)14-17-9(6)13-10(15)11(3)5-16-4-8(11)12/h8H,4-5,12H2,1-3H3,(H,13,15). The number of amides is 1. The Morgan fingerprint density at radius 2 is 2.29 bits per heavy atom. The summed E-state index contributed by atoms with van der Waals surface area (Å²) >= 11 is 0. The van der Waals surface area contributed by atoms with Crippen LogP contribution in [0.25, 0.3) is 0 Å². The first-order chi connectivity index (χ1) is 7.95. The minimum absolute atomic E-state index is 0.193. The fraction of sp³-hybridized carbons (Fsp3) is 0.636. The molecule has 2 unspecified atom stereocenters. The molecule has 17 heavy (non-hydrogen) atoms. The van der Waals surface area contributed by atoms with Crippen LogP contribution in [0.5, 0.6) is 0 Å². The molecule has 0 saturated carbocycles. The van der Waals surface area contributed by atoms with Gasteiger partial charge in [0.05, 0.1) is 24.3 Å². The molecule has 2 rings (SSSR count). The Kier molecular flexibility index (Phi) is 2.92. The number of anilines is 1. The first kappa shape index (κ1) is 12.1. The van der Waals surface area contributed by atoms with Crippen LogP contribution in [-0.2, 0) is 9.53 Å². The van der Waals surface area contributed by atoms with E-state index in [0.29, 0.717) is 19.1 Å². The third-order valence-corrected chi connectivity index (χ3v) is 3.42. The van der Waals surface area contributed by atoms with Gasteiger partial charge < -0.3 is 15.0 Å². The van der Waals surface area contributed by atoms with Crippen molar-refractivity contribution >= 4 is 11.8 Å². The highest BCUT2D eigenvalue weighted by molar-refractivity contribution is 5.95. The smallest absolute Gasteiger partial charge is 0.236 e. The molecule has 6 heteroatoms. The number of carbonyl (C=O) groups is 1. The molecule has 1 aliphatic heterocycles. The van der Waals surface area contributed by atoms with Crippen LogP contribution >= 0.6 is 0 Å². The van der Waals surface area contributed by atoms with Crippen LogP contribution in [0.4, 0.5) is 5.88 Å². The second kappa shape index (κ2) is 4.12. The summed E-state index contributed by atoms with van der Waals surface area (Å²) in [6.45, 7) is 6.18. The van der Waals surface area contributed by atoms with Crippen molar-refractivity contribution in [1.29, 1.82) is 0 Å². The number of nitrogens with two attached hydrogens (primary N) is 1. The molecule has 6 nitrogen and oxygen atoms in total. The van der Waals surface area contributed by atoms with Crippen molar-refractivity contribution in [3.8, 4) is 0 Å². The molecule has 0 spiro atoms. The Hall–Kier alpha value is -1.40. The quantitative estimate of drug-likeness (QED) is 0.788. The summed E-state index contributed by atoms with van der Waals surface area (Å²) < 4.78 is 10.3. The third kappa shape index (κ3) is 1.94. The van der Waals surface area contributed by atoms with Crippen LogP contribution in [0.1, 0.15) is 18.2 Å². The SMILES string of the molecule is Cc1noc(NC(=O)C2(C)COCC2N)c1C. The average Bonchev–Trinajstić information content (AvgIpc) is 2.78. The first-order valence-corrected chi connectivity index (χ1v) is 5.53. The normalized spacial score (nSPS) is 28.4. The largest absolute Gasteiger partial charge is 0.379 e. The van der Waals surface area contributed by atoms with Gasteiger partial charge in [-0.3, -0.25) is 10.1 Å². The van der Waals surface area contributed by atoms with Gasteiger partial charge >= 0.3 is 0 Å². The Labute approximate surface area is 99.5 Å². The fourth-order valence-electron chi connectivity index (χ4n) is 1.70. The molecule has 0 aliphatic carbocycles. The lowest BCUT2D eigenvalue weighted by atomic mass is 9.85. The van der Waals surface area contributed by atoms with E-state index in [9.17, 15) is 4.79 Å².